The normalized spacial score (nSPS) is 14.2. The van der Waals surface area contributed by atoms with Crippen LogP contribution in [0.2, 0.25) is 0 Å². The quantitative estimate of drug-likeness (QED) is 0.223. The summed E-state index contributed by atoms with van der Waals surface area (Å²) in [5.74, 6) is -0.370. The lowest BCUT2D eigenvalue weighted by atomic mass is 9.86. The molecule has 164 valence electrons. The number of amidine groups is 1. The number of nitrogens with two attached hydrogens (primary N) is 1. The van der Waals surface area contributed by atoms with Gasteiger partial charge >= 0.3 is 0 Å². The second-order valence-electron chi connectivity index (χ2n) is 7.54. The molecule has 0 spiro atoms. The van der Waals surface area contributed by atoms with Crippen LogP contribution in [-0.4, -0.2) is 20.9 Å². The van der Waals surface area contributed by atoms with Crippen molar-refractivity contribution in [2.24, 2.45) is 5.73 Å². The zero-order valence-corrected chi connectivity index (χ0v) is 18.1. The van der Waals surface area contributed by atoms with Gasteiger partial charge in [-0.05, 0) is 53.6 Å². The molecule has 5 nitrogen and oxygen atoms in total. The Morgan fingerprint density at radius 1 is 1.00 bits per heavy atom. The summed E-state index contributed by atoms with van der Waals surface area (Å²) in [6.45, 7) is 0. The molecule has 0 saturated carbocycles. The van der Waals surface area contributed by atoms with Gasteiger partial charge in [0.15, 0.2) is 16.7 Å². The predicted molar refractivity (Wildman–Crippen MR) is 126 cm³/mol. The highest BCUT2D eigenvalue weighted by Gasteiger charge is 2.31. The van der Waals surface area contributed by atoms with E-state index >= 15 is 4.39 Å². The fourth-order valence-electron chi connectivity index (χ4n) is 3.99. The van der Waals surface area contributed by atoms with E-state index in [0.717, 1.165) is 22.9 Å². The molecule has 0 amide bonds. The van der Waals surface area contributed by atoms with E-state index in [2.05, 4.69) is 9.97 Å². The summed E-state index contributed by atoms with van der Waals surface area (Å²) in [5.41, 5.74) is 9.45. The van der Waals surface area contributed by atoms with Crippen LogP contribution in [0.4, 0.5) is 8.78 Å². The average molecular weight is 461 g/mol. The van der Waals surface area contributed by atoms with Gasteiger partial charge in [-0.1, -0.05) is 23.9 Å². The summed E-state index contributed by atoms with van der Waals surface area (Å²) >= 11 is 1.16. The van der Waals surface area contributed by atoms with Crippen molar-refractivity contribution in [2.45, 2.75) is 5.92 Å². The number of thioether (sulfide) groups is 1. The number of pyridine rings is 2. The number of fused-ring (bicyclic) bond motifs is 2. The Kier molecular flexibility index (Phi) is 5.51. The van der Waals surface area contributed by atoms with Crippen molar-refractivity contribution >= 4 is 16.9 Å². The molecule has 2 aromatic carbocycles. The van der Waals surface area contributed by atoms with Crippen LogP contribution in [0.3, 0.4) is 0 Å². The minimum Gasteiger partial charge on any atom is -0.454 e. The molecule has 3 heterocycles. The summed E-state index contributed by atoms with van der Waals surface area (Å²) in [5, 5.41) is 7.64. The SMILES string of the molecule is N=C(N)SCC1c2cc(-c3cccnc3F)ccc2Oc2c(F)cc(-c3cccnc3)cc21. The highest BCUT2D eigenvalue weighted by molar-refractivity contribution is 8.13. The van der Waals surface area contributed by atoms with Gasteiger partial charge in [-0.3, -0.25) is 10.4 Å². The summed E-state index contributed by atoms with van der Waals surface area (Å²) in [6, 6.07) is 15.5. The van der Waals surface area contributed by atoms with Crippen molar-refractivity contribution in [1.82, 2.24) is 9.97 Å². The maximum Gasteiger partial charge on any atom is 0.220 e. The first-order chi connectivity index (χ1) is 16.0. The van der Waals surface area contributed by atoms with Crippen LogP contribution in [-0.2, 0) is 0 Å². The first kappa shape index (κ1) is 21.1. The van der Waals surface area contributed by atoms with Gasteiger partial charge in [0.25, 0.3) is 0 Å². The van der Waals surface area contributed by atoms with E-state index in [1.807, 2.05) is 18.2 Å². The molecule has 33 heavy (non-hydrogen) atoms. The van der Waals surface area contributed by atoms with E-state index in [0.29, 0.717) is 33.8 Å². The minimum absolute atomic E-state index is 0.0389. The molecule has 8 heteroatoms. The van der Waals surface area contributed by atoms with E-state index in [9.17, 15) is 4.39 Å². The van der Waals surface area contributed by atoms with Crippen LogP contribution in [0.15, 0.2) is 73.2 Å². The van der Waals surface area contributed by atoms with Crippen LogP contribution in [0.1, 0.15) is 17.0 Å². The lowest BCUT2D eigenvalue weighted by Gasteiger charge is -2.29. The molecule has 3 N–H and O–H groups in total. The third-order valence-corrected chi connectivity index (χ3v) is 6.33. The van der Waals surface area contributed by atoms with Gasteiger partial charge in [0.05, 0.1) is 0 Å². The molecule has 0 bridgehead atoms. The molecule has 1 aliphatic rings. The number of benzene rings is 2. The number of halogens is 2. The largest absolute Gasteiger partial charge is 0.454 e. The van der Waals surface area contributed by atoms with Gasteiger partial charge in [-0.2, -0.15) is 4.39 Å². The topological polar surface area (TPSA) is 84.9 Å². The Morgan fingerprint density at radius 2 is 1.82 bits per heavy atom. The van der Waals surface area contributed by atoms with Gasteiger partial charge in [-0.25, -0.2) is 9.37 Å². The van der Waals surface area contributed by atoms with Crippen molar-refractivity contribution < 1.29 is 13.5 Å². The molecular formula is C25H18F2N4OS. The van der Waals surface area contributed by atoms with Crippen molar-refractivity contribution in [1.29, 1.82) is 5.41 Å². The maximum absolute atomic E-state index is 15.2. The summed E-state index contributed by atoms with van der Waals surface area (Å²) in [4.78, 5) is 7.86. The predicted octanol–water partition coefficient (Wildman–Crippen LogP) is 5.95. The van der Waals surface area contributed by atoms with Crippen LogP contribution in [0.5, 0.6) is 11.5 Å². The van der Waals surface area contributed by atoms with E-state index in [1.54, 1.807) is 42.7 Å². The number of rotatable bonds is 4. The molecule has 0 radical (unpaired) electrons. The Labute approximate surface area is 193 Å². The maximum atomic E-state index is 15.2. The standard InChI is InChI=1S/C25H18F2N4OS/c26-21-11-16(15-3-1-7-30-12-15)10-19-20(13-33-25(28)29)18-9-14(5-6-22(18)32-23(19)21)17-4-2-8-31-24(17)27/h1-12,20H,13H2,(H3,28,29). The first-order valence-electron chi connectivity index (χ1n) is 10.1. The molecule has 4 aromatic rings. The Bertz CT molecular complexity index is 1360. The summed E-state index contributed by atoms with van der Waals surface area (Å²) in [6.07, 6.45) is 4.72. The number of nitrogens with zero attached hydrogens (tertiary/aromatic N) is 2. The van der Waals surface area contributed by atoms with E-state index in [4.69, 9.17) is 15.9 Å². The third kappa shape index (κ3) is 4.05. The molecule has 0 saturated heterocycles. The zero-order valence-electron chi connectivity index (χ0n) is 17.3. The lowest BCUT2D eigenvalue weighted by Crippen LogP contribution is -2.16. The van der Waals surface area contributed by atoms with Gasteiger partial charge in [0.1, 0.15) is 5.75 Å². The second-order valence-corrected chi connectivity index (χ2v) is 8.60. The van der Waals surface area contributed by atoms with E-state index in [1.165, 1.54) is 12.3 Å². The van der Waals surface area contributed by atoms with Crippen LogP contribution in [0.25, 0.3) is 22.3 Å². The fourth-order valence-corrected chi connectivity index (χ4v) is 4.70. The molecule has 1 atom stereocenters. The lowest BCUT2D eigenvalue weighted by molar-refractivity contribution is 0.416. The number of aromatic nitrogens is 2. The van der Waals surface area contributed by atoms with Crippen molar-refractivity contribution in [3.05, 3.63) is 96.1 Å². The van der Waals surface area contributed by atoms with Crippen LogP contribution >= 0.6 is 11.8 Å². The van der Waals surface area contributed by atoms with Crippen molar-refractivity contribution in [2.75, 3.05) is 5.75 Å². The number of nitrogens with one attached hydrogen (secondary N) is 1. The van der Waals surface area contributed by atoms with Gasteiger partial charge in [0, 0.05) is 52.5 Å². The third-order valence-electron chi connectivity index (χ3n) is 5.52. The number of ether oxygens (including phenoxy) is 1. The van der Waals surface area contributed by atoms with E-state index in [-0.39, 0.29) is 16.8 Å². The highest BCUT2D eigenvalue weighted by atomic mass is 32.2. The molecule has 1 unspecified atom stereocenters. The van der Waals surface area contributed by atoms with Gasteiger partial charge in [0.2, 0.25) is 5.95 Å². The van der Waals surface area contributed by atoms with Crippen molar-refractivity contribution in [3.63, 3.8) is 0 Å². The zero-order chi connectivity index (χ0) is 22.9. The molecule has 0 fully saturated rings. The van der Waals surface area contributed by atoms with Gasteiger partial charge in [-0.15, -0.1) is 0 Å². The Balaban J connectivity index is 1.66. The Hall–Kier alpha value is -3.78. The second kappa shape index (κ2) is 8.63. The molecule has 0 aliphatic carbocycles. The van der Waals surface area contributed by atoms with Crippen molar-refractivity contribution in [3.8, 4) is 33.8 Å². The van der Waals surface area contributed by atoms with E-state index < -0.39 is 11.8 Å². The van der Waals surface area contributed by atoms with Crippen LogP contribution in [0, 0.1) is 17.2 Å². The molecule has 1 aliphatic heterocycles. The number of hydrogen-bond acceptors (Lipinski definition) is 5. The molecule has 2 aromatic heterocycles. The molecular weight excluding hydrogens is 442 g/mol. The first-order valence-corrected chi connectivity index (χ1v) is 11.1. The average Bonchev–Trinajstić information content (AvgIpc) is 2.82. The monoisotopic (exact) mass is 460 g/mol. The summed E-state index contributed by atoms with van der Waals surface area (Å²) < 4.78 is 35.5. The Morgan fingerprint density at radius 3 is 2.58 bits per heavy atom. The minimum atomic E-state index is -0.575. The van der Waals surface area contributed by atoms with Gasteiger partial charge < -0.3 is 10.5 Å². The smallest absolute Gasteiger partial charge is 0.220 e. The molecule has 5 rings (SSSR count). The van der Waals surface area contributed by atoms with Crippen LogP contribution < -0.4 is 10.5 Å². The highest BCUT2D eigenvalue weighted by Crippen LogP contribution is 2.48. The summed E-state index contributed by atoms with van der Waals surface area (Å²) in [7, 11) is 0. The fraction of sp³-hybridized carbons (Fsp3) is 0.0800. The number of hydrogen-bond donors (Lipinski definition) is 2.